The molecule has 128 valence electrons. The maximum absolute atomic E-state index is 12.2. The fourth-order valence-corrected chi connectivity index (χ4v) is 2.89. The van der Waals surface area contributed by atoms with Gasteiger partial charge >= 0.3 is 6.03 Å². The van der Waals surface area contributed by atoms with Gasteiger partial charge in [-0.25, -0.2) is 4.79 Å². The molecule has 1 fully saturated rings. The molecule has 0 unspecified atom stereocenters. The maximum Gasteiger partial charge on any atom is 0.317 e. The highest BCUT2D eigenvalue weighted by Crippen LogP contribution is 2.25. The first kappa shape index (κ1) is 17.6. The van der Waals surface area contributed by atoms with E-state index in [0.717, 1.165) is 26.1 Å². The van der Waals surface area contributed by atoms with Crippen molar-refractivity contribution in [1.29, 1.82) is 0 Å². The van der Waals surface area contributed by atoms with Crippen LogP contribution in [0.4, 0.5) is 10.5 Å². The Bertz CT molecular complexity index is 487. The van der Waals surface area contributed by atoms with E-state index in [2.05, 4.69) is 28.4 Å². The fraction of sp³-hybridized carbons (Fsp3) is 0.611. The Balaban J connectivity index is 1.84. The summed E-state index contributed by atoms with van der Waals surface area (Å²) < 4.78 is 5.27. The van der Waals surface area contributed by atoms with E-state index in [1.165, 1.54) is 24.1 Å². The van der Waals surface area contributed by atoms with Crippen molar-refractivity contribution in [2.75, 3.05) is 44.8 Å². The molecular weight excluding hydrogens is 290 g/mol. The molecule has 1 heterocycles. The Morgan fingerprint density at radius 3 is 2.78 bits per heavy atom. The van der Waals surface area contributed by atoms with Gasteiger partial charge in [0.25, 0.3) is 0 Å². The third kappa shape index (κ3) is 5.43. The van der Waals surface area contributed by atoms with Crippen LogP contribution in [0.3, 0.4) is 0 Å². The summed E-state index contributed by atoms with van der Waals surface area (Å²) in [5.41, 5.74) is 2.47. The average Bonchev–Trinajstić information content (AvgIpc) is 3.09. The molecule has 0 spiro atoms. The molecule has 0 radical (unpaired) electrons. The van der Waals surface area contributed by atoms with Gasteiger partial charge in [0.05, 0.1) is 0 Å². The van der Waals surface area contributed by atoms with Crippen LogP contribution < -0.4 is 10.2 Å². The molecule has 2 rings (SSSR count). The molecule has 5 heteroatoms. The molecule has 1 saturated heterocycles. The van der Waals surface area contributed by atoms with Crippen molar-refractivity contribution in [3.05, 3.63) is 29.8 Å². The lowest BCUT2D eigenvalue weighted by Gasteiger charge is -2.24. The van der Waals surface area contributed by atoms with E-state index in [4.69, 9.17) is 4.74 Å². The predicted molar refractivity (Wildman–Crippen MR) is 93.9 cm³/mol. The second kappa shape index (κ2) is 9.40. The van der Waals surface area contributed by atoms with Crippen molar-refractivity contribution in [2.45, 2.75) is 32.7 Å². The summed E-state index contributed by atoms with van der Waals surface area (Å²) in [5, 5.41) is 2.94. The SMILES string of the molecule is CCOCCCNC(=O)N(C)Cc1ccccc1N1CCCC1. The van der Waals surface area contributed by atoms with Crippen molar-refractivity contribution in [1.82, 2.24) is 10.2 Å². The molecule has 5 nitrogen and oxygen atoms in total. The summed E-state index contributed by atoms with van der Waals surface area (Å²) in [7, 11) is 1.85. The zero-order valence-corrected chi connectivity index (χ0v) is 14.4. The van der Waals surface area contributed by atoms with Crippen molar-refractivity contribution in [3.8, 4) is 0 Å². The Kier molecular flexibility index (Phi) is 7.20. The van der Waals surface area contributed by atoms with E-state index in [9.17, 15) is 4.79 Å². The molecule has 1 aliphatic heterocycles. The van der Waals surface area contributed by atoms with Crippen LogP contribution in [0, 0.1) is 0 Å². The number of anilines is 1. The van der Waals surface area contributed by atoms with Crippen LogP contribution in [0.5, 0.6) is 0 Å². The monoisotopic (exact) mass is 319 g/mol. The highest BCUT2D eigenvalue weighted by molar-refractivity contribution is 5.74. The lowest BCUT2D eigenvalue weighted by molar-refractivity contribution is 0.144. The highest BCUT2D eigenvalue weighted by Gasteiger charge is 2.17. The molecule has 1 aromatic rings. The number of amides is 2. The van der Waals surface area contributed by atoms with E-state index >= 15 is 0 Å². The van der Waals surface area contributed by atoms with Crippen LogP contribution in [0.1, 0.15) is 31.7 Å². The van der Waals surface area contributed by atoms with E-state index < -0.39 is 0 Å². The van der Waals surface area contributed by atoms with Gasteiger partial charge < -0.3 is 19.9 Å². The molecule has 1 aromatic carbocycles. The quantitative estimate of drug-likeness (QED) is 0.749. The molecule has 0 aromatic heterocycles. The van der Waals surface area contributed by atoms with E-state index in [1.807, 2.05) is 20.0 Å². The molecule has 2 amide bonds. The zero-order valence-electron chi connectivity index (χ0n) is 14.4. The molecule has 0 saturated carbocycles. The third-order valence-corrected chi connectivity index (χ3v) is 4.14. The number of rotatable bonds is 8. The third-order valence-electron chi connectivity index (χ3n) is 4.14. The molecule has 0 aliphatic carbocycles. The number of urea groups is 1. The van der Waals surface area contributed by atoms with Crippen molar-refractivity contribution in [2.24, 2.45) is 0 Å². The average molecular weight is 319 g/mol. The molecular formula is C18H29N3O2. The van der Waals surface area contributed by atoms with Gasteiger partial charge in [-0.3, -0.25) is 0 Å². The van der Waals surface area contributed by atoms with Gasteiger partial charge in [0.2, 0.25) is 0 Å². The number of benzene rings is 1. The van der Waals surface area contributed by atoms with E-state index in [-0.39, 0.29) is 6.03 Å². The second-order valence-electron chi connectivity index (χ2n) is 5.96. The summed E-state index contributed by atoms with van der Waals surface area (Å²) in [4.78, 5) is 16.3. The molecule has 23 heavy (non-hydrogen) atoms. The number of hydrogen-bond donors (Lipinski definition) is 1. The number of hydrogen-bond acceptors (Lipinski definition) is 3. The van der Waals surface area contributed by atoms with Gasteiger partial charge in [0, 0.05) is 52.1 Å². The minimum absolute atomic E-state index is 0.0299. The summed E-state index contributed by atoms with van der Waals surface area (Å²) in [6, 6.07) is 8.37. The Hall–Kier alpha value is -1.75. The van der Waals surface area contributed by atoms with Gasteiger partial charge in [-0.15, -0.1) is 0 Å². The normalized spacial score (nSPS) is 14.1. The van der Waals surface area contributed by atoms with E-state index in [1.54, 1.807) is 4.90 Å². The number of para-hydroxylation sites is 1. The Morgan fingerprint density at radius 2 is 2.04 bits per heavy atom. The smallest absolute Gasteiger partial charge is 0.317 e. The fourth-order valence-electron chi connectivity index (χ4n) is 2.89. The summed E-state index contributed by atoms with van der Waals surface area (Å²) >= 11 is 0. The van der Waals surface area contributed by atoms with E-state index in [0.29, 0.717) is 19.7 Å². The Morgan fingerprint density at radius 1 is 1.30 bits per heavy atom. The summed E-state index contributed by atoms with van der Waals surface area (Å²) in [6.07, 6.45) is 3.35. The standard InChI is InChI=1S/C18H29N3O2/c1-3-23-14-8-11-19-18(22)20(2)15-16-9-4-5-10-17(16)21-12-6-7-13-21/h4-5,9-10H,3,6-8,11-15H2,1-2H3,(H,19,22). The van der Waals surface area contributed by atoms with Crippen LogP contribution in [0.25, 0.3) is 0 Å². The molecule has 1 N–H and O–H groups in total. The van der Waals surface area contributed by atoms with Gasteiger partial charge in [-0.05, 0) is 37.8 Å². The summed E-state index contributed by atoms with van der Waals surface area (Å²) in [5.74, 6) is 0. The van der Waals surface area contributed by atoms with Gasteiger partial charge in [0.15, 0.2) is 0 Å². The molecule has 1 aliphatic rings. The van der Waals surface area contributed by atoms with Gasteiger partial charge in [0.1, 0.15) is 0 Å². The topological polar surface area (TPSA) is 44.8 Å². The van der Waals surface area contributed by atoms with Gasteiger partial charge in [-0.1, -0.05) is 18.2 Å². The first-order valence-corrected chi connectivity index (χ1v) is 8.62. The lowest BCUT2D eigenvalue weighted by Crippen LogP contribution is -2.37. The lowest BCUT2D eigenvalue weighted by atomic mass is 10.1. The van der Waals surface area contributed by atoms with Crippen molar-refractivity contribution in [3.63, 3.8) is 0 Å². The number of ether oxygens (including phenoxy) is 1. The van der Waals surface area contributed by atoms with Gasteiger partial charge in [-0.2, -0.15) is 0 Å². The highest BCUT2D eigenvalue weighted by atomic mass is 16.5. The van der Waals surface area contributed by atoms with Crippen LogP contribution in [-0.4, -0.2) is 50.8 Å². The van der Waals surface area contributed by atoms with Crippen LogP contribution >= 0.6 is 0 Å². The molecule has 0 bridgehead atoms. The number of carbonyl (C=O) groups excluding carboxylic acids is 1. The largest absolute Gasteiger partial charge is 0.382 e. The number of nitrogens with one attached hydrogen (secondary N) is 1. The first-order valence-electron chi connectivity index (χ1n) is 8.62. The second-order valence-corrected chi connectivity index (χ2v) is 5.96. The van der Waals surface area contributed by atoms with Crippen LogP contribution in [0.2, 0.25) is 0 Å². The van der Waals surface area contributed by atoms with Crippen molar-refractivity contribution < 1.29 is 9.53 Å². The summed E-state index contributed by atoms with van der Waals surface area (Å²) in [6.45, 7) is 6.90. The van der Waals surface area contributed by atoms with Crippen LogP contribution in [0.15, 0.2) is 24.3 Å². The number of nitrogens with zero attached hydrogens (tertiary/aromatic N) is 2. The minimum Gasteiger partial charge on any atom is -0.382 e. The minimum atomic E-state index is -0.0299. The zero-order chi connectivity index (χ0) is 16.5. The number of carbonyl (C=O) groups is 1. The maximum atomic E-state index is 12.2. The van der Waals surface area contributed by atoms with Crippen molar-refractivity contribution >= 4 is 11.7 Å². The first-order chi connectivity index (χ1) is 11.2. The molecule has 0 atom stereocenters. The van der Waals surface area contributed by atoms with Crippen LogP contribution in [-0.2, 0) is 11.3 Å². The predicted octanol–water partition coefficient (Wildman–Crippen LogP) is 2.85. The Labute approximate surface area is 139 Å².